The second-order valence-electron chi connectivity index (χ2n) is 7.20. The second kappa shape index (κ2) is 8.76. The molecule has 174 valence electrons. The zero-order valence-corrected chi connectivity index (χ0v) is 18.3. The average Bonchev–Trinajstić information content (AvgIpc) is 3.44. The number of hydrogen-bond donors (Lipinski definition) is 1. The summed E-state index contributed by atoms with van der Waals surface area (Å²) >= 11 is 5.82. The Balaban J connectivity index is 1.48. The van der Waals surface area contributed by atoms with Crippen molar-refractivity contribution in [2.75, 3.05) is 11.9 Å². The van der Waals surface area contributed by atoms with Gasteiger partial charge in [-0.3, -0.25) is 10.1 Å². The molecule has 0 aliphatic carbocycles. The molecule has 2 aromatic carbocycles. The number of sulfonamides is 1. The first-order valence-corrected chi connectivity index (χ1v) is 11.5. The van der Waals surface area contributed by atoms with E-state index in [9.17, 15) is 26.4 Å². The van der Waals surface area contributed by atoms with Crippen molar-refractivity contribution in [1.82, 2.24) is 14.5 Å². The Bertz CT molecular complexity index is 1260. The molecule has 8 nitrogen and oxygen atoms in total. The molecule has 1 amide bonds. The summed E-state index contributed by atoms with van der Waals surface area (Å²) in [6, 6.07) is 8.39. The normalized spacial score (nSPS) is 17.3. The fourth-order valence-corrected chi connectivity index (χ4v) is 5.20. The summed E-state index contributed by atoms with van der Waals surface area (Å²) in [5.74, 6) is -0.760. The third-order valence-electron chi connectivity index (χ3n) is 5.04. The van der Waals surface area contributed by atoms with Gasteiger partial charge in [-0.05, 0) is 61.4 Å². The van der Waals surface area contributed by atoms with E-state index in [-0.39, 0.29) is 28.9 Å². The number of benzene rings is 2. The number of alkyl halides is 3. The number of halogens is 4. The van der Waals surface area contributed by atoms with Gasteiger partial charge in [0, 0.05) is 17.1 Å². The molecule has 1 aromatic heterocycles. The molecule has 1 saturated heterocycles. The monoisotopic (exact) mass is 500 g/mol. The van der Waals surface area contributed by atoms with E-state index in [1.807, 2.05) is 0 Å². The minimum atomic E-state index is -4.48. The number of anilines is 1. The first kappa shape index (κ1) is 23.2. The van der Waals surface area contributed by atoms with Crippen molar-refractivity contribution >= 4 is 33.5 Å². The number of nitrogens with one attached hydrogen (secondary N) is 1. The van der Waals surface area contributed by atoms with Gasteiger partial charge in [0.25, 0.3) is 0 Å². The third kappa shape index (κ3) is 4.87. The summed E-state index contributed by atoms with van der Waals surface area (Å²) in [4.78, 5) is 12.8. The molecule has 13 heteroatoms. The smallest absolute Gasteiger partial charge is 0.403 e. The summed E-state index contributed by atoms with van der Waals surface area (Å²) in [5, 5.41) is 10.2. The number of aromatic nitrogens is 2. The van der Waals surface area contributed by atoms with Crippen LogP contribution in [-0.4, -0.2) is 41.4 Å². The molecule has 0 radical (unpaired) electrons. The number of amides is 1. The van der Waals surface area contributed by atoms with Gasteiger partial charge < -0.3 is 4.42 Å². The fraction of sp³-hybridized carbons (Fsp3) is 0.250. The topological polar surface area (TPSA) is 105 Å². The first-order valence-electron chi connectivity index (χ1n) is 9.65. The largest absolute Gasteiger partial charge is 0.416 e. The van der Waals surface area contributed by atoms with Gasteiger partial charge in [0.05, 0.1) is 10.5 Å². The van der Waals surface area contributed by atoms with Gasteiger partial charge in [0.1, 0.15) is 6.04 Å². The predicted molar refractivity (Wildman–Crippen MR) is 112 cm³/mol. The van der Waals surface area contributed by atoms with E-state index in [1.165, 1.54) is 36.4 Å². The van der Waals surface area contributed by atoms with Gasteiger partial charge >= 0.3 is 12.2 Å². The highest BCUT2D eigenvalue weighted by Gasteiger charge is 2.40. The van der Waals surface area contributed by atoms with E-state index < -0.39 is 33.7 Å². The Kier molecular flexibility index (Phi) is 6.16. The molecule has 1 N–H and O–H groups in total. The van der Waals surface area contributed by atoms with Gasteiger partial charge in [-0.1, -0.05) is 16.7 Å². The molecule has 3 aromatic rings. The van der Waals surface area contributed by atoms with E-state index in [0.717, 1.165) is 16.4 Å². The Hall–Kier alpha value is -2.96. The lowest BCUT2D eigenvalue weighted by Gasteiger charge is -2.22. The van der Waals surface area contributed by atoms with E-state index >= 15 is 0 Å². The standard InChI is InChI=1S/C20H16ClF3N4O4S/c21-14-7-9-15(10-8-14)33(30,31)28-11-1-2-16(28)17(29)25-19-27-26-18(32-19)12-3-5-13(6-4-12)20(22,23)24/h3-10,16H,1-2,11H2,(H,25,27,29). The van der Waals surface area contributed by atoms with E-state index in [0.29, 0.717) is 17.9 Å². The molecule has 1 unspecified atom stereocenters. The van der Waals surface area contributed by atoms with Crippen LogP contribution in [0, 0.1) is 0 Å². The Morgan fingerprint density at radius 3 is 2.39 bits per heavy atom. The molecule has 1 fully saturated rings. The van der Waals surface area contributed by atoms with Gasteiger partial charge in [-0.15, -0.1) is 5.10 Å². The number of rotatable bonds is 5. The van der Waals surface area contributed by atoms with Crippen molar-refractivity contribution in [2.24, 2.45) is 0 Å². The summed E-state index contributed by atoms with van der Waals surface area (Å²) < 4.78 is 70.5. The van der Waals surface area contributed by atoms with Crippen LogP contribution in [-0.2, 0) is 21.0 Å². The lowest BCUT2D eigenvalue weighted by atomic mass is 10.1. The van der Waals surface area contributed by atoms with Crippen LogP contribution in [0.1, 0.15) is 18.4 Å². The van der Waals surface area contributed by atoms with E-state index in [1.54, 1.807) is 0 Å². The van der Waals surface area contributed by atoms with Gasteiger partial charge in [0.2, 0.25) is 21.8 Å². The summed E-state index contributed by atoms with van der Waals surface area (Å²) in [6.45, 7) is 0.156. The fourth-order valence-electron chi connectivity index (χ4n) is 3.41. The molecular formula is C20H16ClF3N4O4S. The molecule has 0 saturated carbocycles. The highest BCUT2D eigenvalue weighted by molar-refractivity contribution is 7.89. The Morgan fingerprint density at radius 2 is 1.76 bits per heavy atom. The molecule has 1 aliphatic heterocycles. The quantitative estimate of drug-likeness (QED) is 0.563. The average molecular weight is 501 g/mol. The predicted octanol–water partition coefficient (Wildman–Crippen LogP) is 4.20. The second-order valence-corrected chi connectivity index (χ2v) is 9.53. The van der Waals surface area contributed by atoms with Crippen LogP contribution in [0.2, 0.25) is 5.02 Å². The summed E-state index contributed by atoms with van der Waals surface area (Å²) in [5.41, 5.74) is -0.605. The number of hydrogen-bond acceptors (Lipinski definition) is 6. The minimum Gasteiger partial charge on any atom is -0.403 e. The number of carbonyl (C=O) groups is 1. The van der Waals surface area contributed by atoms with Crippen LogP contribution in [0.25, 0.3) is 11.5 Å². The van der Waals surface area contributed by atoms with E-state index in [4.69, 9.17) is 16.0 Å². The van der Waals surface area contributed by atoms with Crippen molar-refractivity contribution in [1.29, 1.82) is 0 Å². The Labute approximate surface area is 191 Å². The molecule has 0 spiro atoms. The summed E-state index contributed by atoms with van der Waals surface area (Å²) in [7, 11) is -3.94. The lowest BCUT2D eigenvalue weighted by Crippen LogP contribution is -2.43. The SMILES string of the molecule is O=C(Nc1nnc(-c2ccc(C(F)(F)F)cc2)o1)C1CCCN1S(=O)(=O)c1ccc(Cl)cc1. The molecule has 1 aliphatic rings. The third-order valence-corrected chi connectivity index (χ3v) is 7.22. The zero-order valence-electron chi connectivity index (χ0n) is 16.7. The highest BCUT2D eigenvalue weighted by atomic mass is 35.5. The van der Waals surface area contributed by atoms with Crippen LogP contribution in [0.15, 0.2) is 57.8 Å². The van der Waals surface area contributed by atoms with Crippen LogP contribution in [0.4, 0.5) is 19.2 Å². The molecule has 2 heterocycles. The molecular weight excluding hydrogens is 485 g/mol. The Morgan fingerprint density at radius 1 is 1.09 bits per heavy atom. The van der Waals surface area contributed by atoms with E-state index in [2.05, 4.69) is 15.5 Å². The van der Waals surface area contributed by atoms with Gasteiger partial charge in [-0.2, -0.15) is 17.5 Å². The van der Waals surface area contributed by atoms with Crippen molar-refractivity contribution in [3.63, 3.8) is 0 Å². The van der Waals surface area contributed by atoms with Crippen LogP contribution >= 0.6 is 11.6 Å². The first-order chi connectivity index (χ1) is 15.6. The highest BCUT2D eigenvalue weighted by Crippen LogP contribution is 2.31. The van der Waals surface area contributed by atoms with Crippen molar-refractivity contribution in [3.05, 3.63) is 59.1 Å². The molecule has 4 rings (SSSR count). The van der Waals surface area contributed by atoms with Gasteiger partial charge in [-0.25, -0.2) is 8.42 Å². The zero-order chi connectivity index (χ0) is 23.8. The van der Waals surface area contributed by atoms with Gasteiger partial charge in [0.15, 0.2) is 0 Å². The number of carbonyl (C=O) groups excluding carboxylic acids is 1. The van der Waals surface area contributed by atoms with Crippen molar-refractivity contribution in [3.8, 4) is 11.5 Å². The molecule has 33 heavy (non-hydrogen) atoms. The molecule has 1 atom stereocenters. The summed E-state index contributed by atoms with van der Waals surface area (Å²) in [6.07, 6.45) is -3.71. The van der Waals surface area contributed by atoms with Crippen LogP contribution in [0.3, 0.4) is 0 Å². The minimum absolute atomic E-state index is 0.00832. The molecule has 0 bridgehead atoms. The lowest BCUT2D eigenvalue weighted by molar-refractivity contribution is -0.137. The maximum atomic E-state index is 13.0. The maximum absolute atomic E-state index is 13.0. The maximum Gasteiger partial charge on any atom is 0.416 e. The van der Waals surface area contributed by atoms with Crippen molar-refractivity contribution < 1.29 is 30.8 Å². The number of nitrogens with zero attached hydrogens (tertiary/aromatic N) is 3. The van der Waals surface area contributed by atoms with Crippen molar-refractivity contribution in [2.45, 2.75) is 30.0 Å². The van der Waals surface area contributed by atoms with Crippen LogP contribution in [0.5, 0.6) is 0 Å². The van der Waals surface area contributed by atoms with Crippen LogP contribution < -0.4 is 5.32 Å².